The van der Waals surface area contributed by atoms with Crippen molar-refractivity contribution in [2.24, 2.45) is 0 Å². The summed E-state index contributed by atoms with van der Waals surface area (Å²) in [5.74, 6) is -1.39. The summed E-state index contributed by atoms with van der Waals surface area (Å²) < 4.78 is 9.77. The molecule has 0 radical (unpaired) electrons. The van der Waals surface area contributed by atoms with E-state index in [0.29, 0.717) is 12.2 Å². The van der Waals surface area contributed by atoms with Gasteiger partial charge in [0.1, 0.15) is 0 Å². The van der Waals surface area contributed by atoms with Crippen molar-refractivity contribution in [1.82, 2.24) is 0 Å². The summed E-state index contributed by atoms with van der Waals surface area (Å²) in [5.41, 5.74) is 0.386. The number of carbonyl (C=O) groups excluding carboxylic acids is 1. The van der Waals surface area contributed by atoms with Crippen LogP contribution in [0.4, 0.5) is 0 Å². The summed E-state index contributed by atoms with van der Waals surface area (Å²) in [6, 6.07) is 0. The van der Waals surface area contributed by atoms with Crippen molar-refractivity contribution in [3.8, 4) is 0 Å². The Hall–Kier alpha value is -1.62. The largest absolute Gasteiger partial charge is 0.478 e. The first-order valence-electron chi connectivity index (χ1n) is 4.68. The Kier molecular flexibility index (Phi) is 10.4. The maximum Gasteiger partial charge on any atom is 0.335 e. The maximum absolute atomic E-state index is 10.8. The molecule has 0 saturated carbocycles. The molecule has 0 bridgehead atoms. The second kappa shape index (κ2) is 9.92. The predicted octanol–water partition coefficient (Wildman–Crippen LogP) is 1.75. The van der Waals surface area contributed by atoms with Gasteiger partial charge in [0.25, 0.3) is 0 Å². The molecule has 0 aromatic carbocycles. The Balaban J connectivity index is 0. The lowest BCUT2D eigenvalue weighted by Crippen LogP contribution is -2.18. The third-order valence-corrected chi connectivity index (χ3v) is 1.20. The van der Waals surface area contributed by atoms with Crippen LogP contribution in [-0.4, -0.2) is 29.9 Å². The second-order valence-electron chi connectivity index (χ2n) is 2.75. The van der Waals surface area contributed by atoms with Crippen LogP contribution in [-0.2, 0) is 19.1 Å². The first-order valence-corrected chi connectivity index (χ1v) is 4.68. The van der Waals surface area contributed by atoms with E-state index < -0.39 is 18.2 Å². The maximum atomic E-state index is 10.8. The van der Waals surface area contributed by atoms with Gasteiger partial charge in [0.2, 0.25) is 0 Å². The molecule has 0 aliphatic rings. The Morgan fingerprint density at radius 3 is 2.19 bits per heavy atom. The highest BCUT2D eigenvalue weighted by Crippen LogP contribution is 1.98. The zero-order valence-electron chi connectivity index (χ0n) is 9.86. The van der Waals surface area contributed by atoms with Gasteiger partial charge in [0, 0.05) is 18.3 Å². The zero-order valence-corrected chi connectivity index (χ0v) is 9.86. The lowest BCUT2D eigenvalue weighted by atomic mass is 10.4. The molecule has 0 saturated heterocycles. The average molecular weight is 230 g/mol. The van der Waals surface area contributed by atoms with Crippen LogP contribution in [0.25, 0.3) is 0 Å². The molecular weight excluding hydrogens is 212 g/mol. The Labute approximate surface area is 95.4 Å². The standard InChI is InChI=1S/C8H14O3.C3H4O2/c1-5-10-7(4)11-8(9)6(2)3;1-2-3(4)5/h7H,2,5H2,1,3-4H3;2H,1H2,(H,4,5). The highest BCUT2D eigenvalue weighted by Gasteiger charge is 2.08. The van der Waals surface area contributed by atoms with Gasteiger partial charge in [0.15, 0.2) is 6.29 Å². The van der Waals surface area contributed by atoms with Gasteiger partial charge < -0.3 is 14.6 Å². The van der Waals surface area contributed by atoms with E-state index in [1.165, 1.54) is 0 Å². The highest BCUT2D eigenvalue weighted by atomic mass is 16.7. The van der Waals surface area contributed by atoms with Crippen molar-refractivity contribution in [3.63, 3.8) is 0 Å². The zero-order chi connectivity index (χ0) is 13.1. The number of esters is 1. The topological polar surface area (TPSA) is 72.8 Å². The van der Waals surface area contributed by atoms with Crippen molar-refractivity contribution in [2.45, 2.75) is 27.1 Å². The molecular formula is C11H18O5. The van der Waals surface area contributed by atoms with Crippen molar-refractivity contribution in [3.05, 3.63) is 24.8 Å². The second-order valence-corrected chi connectivity index (χ2v) is 2.75. The monoisotopic (exact) mass is 230 g/mol. The van der Waals surface area contributed by atoms with E-state index in [1.54, 1.807) is 13.8 Å². The van der Waals surface area contributed by atoms with Crippen LogP contribution in [0.15, 0.2) is 24.8 Å². The van der Waals surface area contributed by atoms with Crippen LogP contribution >= 0.6 is 0 Å². The third kappa shape index (κ3) is 12.4. The number of rotatable bonds is 5. The van der Waals surface area contributed by atoms with Gasteiger partial charge in [-0.1, -0.05) is 13.2 Å². The van der Waals surface area contributed by atoms with E-state index in [-0.39, 0.29) is 0 Å². The summed E-state index contributed by atoms with van der Waals surface area (Å²) in [4.78, 5) is 20.1. The number of carboxylic acids is 1. The van der Waals surface area contributed by atoms with Gasteiger partial charge in [-0.05, 0) is 20.8 Å². The molecule has 0 amide bonds. The third-order valence-electron chi connectivity index (χ3n) is 1.20. The fraction of sp³-hybridized carbons (Fsp3) is 0.455. The lowest BCUT2D eigenvalue weighted by molar-refractivity contribution is -0.169. The van der Waals surface area contributed by atoms with Gasteiger partial charge in [0.05, 0.1) is 0 Å². The van der Waals surface area contributed by atoms with Crippen molar-refractivity contribution in [1.29, 1.82) is 0 Å². The number of aliphatic carboxylic acids is 1. The molecule has 1 N–H and O–H groups in total. The Morgan fingerprint density at radius 2 is 1.94 bits per heavy atom. The van der Waals surface area contributed by atoms with Crippen molar-refractivity contribution >= 4 is 11.9 Å². The van der Waals surface area contributed by atoms with E-state index in [4.69, 9.17) is 14.6 Å². The quantitative estimate of drug-likeness (QED) is 0.442. The fourth-order valence-electron chi connectivity index (χ4n) is 0.520. The Morgan fingerprint density at radius 1 is 1.50 bits per heavy atom. The first-order chi connectivity index (χ1) is 7.34. The van der Waals surface area contributed by atoms with Crippen molar-refractivity contribution < 1.29 is 24.2 Å². The van der Waals surface area contributed by atoms with Crippen LogP contribution < -0.4 is 0 Å². The molecule has 0 aromatic rings. The minimum atomic E-state index is -0.981. The molecule has 0 rings (SSSR count). The van der Waals surface area contributed by atoms with E-state index >= 15 is 0 Å². The smallest absolute Gasteiger partial charge is 0.335 e. The summed E-state index contributed by atoms with van der Waals surface area (Å²) in [7, 11) is 0. The fourth-order valence-corrected chi connectivity index (χ4v) is 0.520. The number of hydrogen-bond donors (Lipinski definition) is 1. The summed E-state index contributed by atoms with van der Waals surface area (Å²) >= 11 is 0. The van der Waals surface area contributed by atoms with Crippen molar-refractivity contribution in [2.75, 3.05) is 6.61 Å². The van der Waals surface area contributed by atoms with Gasteiger partial charge in [-0.25, -0.2) is 9.59 Å². The van der Waals surface area contributed by atoms with Crippen LogP contribution in [0.3, 0.4) is 0 Å². The summed E-state index contributed by atoms with van der Waals surface area (Å²) in [6.07, 6.45) is 0.351. The summed E-state index contributed by atoms with van der Waals surface area (Å²) in [5, 5.41) is 7.60. The van der Waals surface area contributed by atoms with E-state index in [0.717, 1.165) is 6.08 Å². The highest BCUT2D eigenvalue weighted by molar-refractivity contribution is 5.86. The predicted molar refractivity (Wildman–Crippen MR) is 59.8 cm³/mol. The van der Waals surface area contributed by atoms with Gasteiger partial charge in [-0.15, -0.1) is 0 Å². The molecule has 0 aliphatic heterocycles. The SMILES string of the molecule is C=C(C)C(=O)OC(C)OCC.C=CC(=O)O. The van der Waals surface area contributed by atoms with Crippen LogP contribution in [0, 0.1) is 0 Å². The molecule has 0 aromatic heterocycles. The normalized spacial score (nSPS) is 10.4. The minimum absolute atomic E-state index is 0.386. The Bertz CT molecular complexity index is 257. The molecule has 5 heteroatoms. The van der Waals surface area contributed by atoms with Gasteiger partial charge in [-0.2, -0.15) is 0 Å². The number of carboxylic acid groups (broad SMARTS) is 1. The molecule has 0 fully saturated rings. The molecule has 0 aliphatic carbocycles. The average Bonchev–Trinajstić information content (AvgIpc) is 2.18. The minimum Gasteiger partial charge on any atom is -0.478 e. The van der Waals surface area contributed by atoms with E-state index in [2.05, 4.69) is 13.2 Å². The molecule has 92 valence electrons. The lowest BCUT2D eigenvalue weighted by Gasteiger charge is -2.11. The van der Waals surface area contributed by atoms with Gasteiger partial charge in [-0.3, -0.25) is 0 Å². The molecule has 5 nitrogen and oxygen atoms in total. The number of hydrogen-bond acceptors (Lipinski definition) is 4. The number of ether oxygens (including phenoxy) is 2. The first kappa shape index (κ1) is 16.8. The van der Waals surface area contributed by atoms with Gasteiger partial charge >= 0.3 is 11.9 Å². The molecule has 16 heavy (non-hydrogen) atoms. The molecule has 1 atom stereocenters. The van der Waals surface area contributed by atoms with Crippen LogP contribution in [0.1, 0.15) is 20.8 Å². The molecule has 0 heterocycles. The molecule has 1 unspecified atom stereocenters. The molecule has 0 spiro atoms. The van der Waals surface area contributed by atoms with E-state index in [9.17, 15) is 9.59 Å². The summed E-state index contributed by atoms with van der Waals surface area (Å²) in [6.45, 7) is 12.0. The van der Waals surface area contributed by atoms with Crippen LogP contribution in [0.2, 0.25) is 0 Å². The number of carbonyl (C=O) groups is 2. The van der Waals surface area contributed by atoms with E-state index in [1.807, 2.05) is 6.92 Å². The van der Waals surface area contributed by atoms with Crippen LogP contribution in [0.5, 0.6) is 0 Å².